The van der Waals surface area contributed by atoms with Crippen molar-refractivity contribution >= 4 is 28.1 Å². The number of carbonyl (C=O) groups excluding carboxylic acids is 1. The van der Waals surface area contributed by atoms with Gasteiger partial charge in [0.1, 0.15) is 6.04 Å². The molecule has 0 heterocycles. The number of fused-ring (bicyclic) bond motifs is 1. The average molecular weight is 346 g/mol. The molecule has 3 aromatic carbocycles. The average Bonchev–Trinajstić information content (AvgIpc) is 2.67. The summed E-state index contributed by atoms with van der Waals surface area (Å²) in [5.41, 5.74) is 3.03. The Morgan fingerprint density at radius 2 is 1.62 bits per heavy atom. The van der Waals surface area contributed by atoms with Gasteiger partial charge in [0.15, 0.2) is 0 Å². The maximum absolute atomic E-state index is 12.7. The number of anilines is 2. The predicted octanol–water partition coefficient (Wildman–Crippen LogP) is 5.79. The normalized spacial score (nSPS) is 13.2. The first-order chi connectivity index (χ1) is 12.6. The van der Waals surface area contributed by atoms with E-state index in [0.717, 1.165) is 23.2 Å². The van der Waals surface area contributed by atoms with Gasteiger partial charge in [-0.15, -0.1) is 0 Å². The number of benzene rings is 3. The smallest absolute Gasteiger partial charge is 0.246 e. The van der Waals surface area contributed by atoms with Gasteiger partial charge in [-0.25, -0.2) is 0 Å². The number of hydrogen-bond acceptors (Lipinski definition) is 2. The minimum Gasteiger partial charge on any atom is -0.374 e. The van der Waals surface area contributed by atoms with Crippen LogP contribution in [0.25, 0.3) is 10.8 Å². The fourth-order valence-corrected chi connectivity index (χ4v) is 3.10. The number of rotatable bonds is 6. The molecule has 3 nitrogen and oxygen atoms in total. The van der Waals surface area contributed by atoms with Gasteiger partial charge in [-0.2, -0.15) is 0 Å². The standard InChI is InChI=1S/C23H26N2O/c1-4-16(2)21-11-7-8-12-22(21)25-23(26)17(3)24-20-14-13-18-9-5-6-10-19(18)15-20/h5-17,24H,4H2,1-3H3,(H,25,26)/t16-,17-/m1/s1. The molecular formula is C23H26N2O. The molecule has 1 amide bonds. The van der Waals surface area contributed by atoms with Crippen LogP contribution in [0.5, 0.6) is 0 Å². The lowest BCUT2D eigenvalue weighted by Gasteiger charge is -2.19. The molecule has 0 aliphatic carbocycles. The van der Waals surface area contributed by atoms with E-state index in [0.29, 0.717) is 5.92 Å². The first-order valence-electron chi connectivity index (χ1n) is 9.23. The first kappa shape index (κ1) is 18.0. The maximum atomic E-state index is 12.7. The number of amides is 1. The molecule has 0 fully saturated rings. The molecule has 3 rings (SSSR count). The van der Waals surface area contributed by atoms with Crippen molar-refractivity contribution in [1.82, 2.24) is 0 Å². The molecule has 3 heteroatoms. The highest BCUT2D eigenvalue weighted by Gasteiger charge is 2.16. The minimum absolute atomic E-state index is 0.0334. The molecule has 0 radical (unpaired) electrons. The van der Waals surface area contributed by atoms with Gasteiger partial charge in [0.2, 0.25) is 5.91 Å². The van der Waals surface area contributed by atoms with Crippen molar-refractivity contribution in [1.29, 1.82) is 0 Å². The monoisotopic (exact) mass is 346 g/mol. The second-order valence-electron chi connectivity index (χ2n) is 6.81. The molecule has 0 spiro atoms. The second-order valence-corrected chi connectivity index (χ2v) is 6.81. The summed E-state index contributed by atoms with van der Waals surface area (Å²) < 4.78 is 0. The van der Waals surface area contributed by atoms with Crippen LogP contribution in [0.4, 0.5) is 11.4 Å². The molecule has 2 N–H and O–H groups in total. The third-order valence-electron chi connectivity index (χ3n) is 4.89. The summed E-state index contributed by atoms with van der Waals surface area (Å²) in [5, 5.41) is 8.74. The Kier molecular flexibility index (Phi) is 5.57. The summed E-state index contributed by atoms with van der Waals surface area (Å²) in [5.74, 6) is 0.379. The fraction of sp³-hybridized carbons (Fsp3) is 0.261. The highest BCUT2D eigenvalue weighted by Crippen LogP contribution is 2.27. The van der Waals surface area contributed by atoms with E-state index in [1.807, 2.05) is 43.3 Å². The summed E-state index contributed by atoms with van der Waals surface area (Å²) in [4.78, 5) is 12.7. The fourth-order valence-electron chi connectivity index (χ4n) is 3.10. The third-order valence-corrected chi connectivity index (χ3v) is 4.89. The summed E-state index contributed by atoms with van der Waals surface area (Å²) >= 11 is 0. The third kappa shape index (κ3) is 4.05. The highest BCUT2D eigenvalue weighted by atomic mass is 16.2. The van der Waals surface area contributed by atoms with Crippen molar-refractivity contribution < 1.29 is 4.79 Å². The van der Waals surface area contributed by atoms with Gasteiger partial charge in [0, 0.05) is 11.4 Å². The summed E-state index contributed by atoms with van der Waals surface area (Å²) in [6.45, 7) is 6.23. The molecule has 0 saturated heterocycles. The van der Waals surface area contributed by atoms with Crippen molar-refractivity contribution in [3.8, 4) is 0 Å². The van der Waals surface area contributed by atoms with Crippen molar-refractivity contribution in [2.45, 2.75) is 39.2 Å². The lowest BCUT2D eigenvalue weighted by molar-refractivity contribution is -0.116. The maximum Gasteiger partial charge on any atom is 0.246 e. The van der Waals surface area contributed by atoms with Crippen molar-refractivity contribution in [2.75, 3.05) is 10.6 Å². The van der Waals surface area contributed by atoms with Crippen LogP contribution < -0.4 is 10.6 Å². The van der Waals surface area contributed by atoms with Gasteiger partial charge in [-0.3, -0.25) is 4.79 Å². The Morgan fingerprint density at radius 1 is 0.923 bits per heavy atom. The van der Waals surface area contributed by atoms with Gasteiger partial charge < -0.3 is 10.6 Å². The lowest BCUT2D eigenvalue weighted by atomic mass is 9.97. The molecule has 134 valence electrons. The number of carbonyl (C=O) groups is 1. The number of hydrogen-bond donors (Lipinski definition) is 2. The van der Waals surface area contributed by atoms with Gasteiger partial charge in [-0.1, -0.05) is 62.4 Å². The zero-order valence-electron chi connectivity index (χ0n) is 15.6. The Morgan fingerprint density at radius 3 is 2.38 bits per heavy atom. The van der Waals surface area contributed by atoms with E-state index in [9.17, 15) is 4.79 Å². The summed E-state index contributed by atoms with van der Waals surface area (Å²) in [6.07, 6.45) is 1.04. The van der Waals surface area contributed by atoms with Gasteiger partial charge in [0.05, 0.1) is 0 Å². The second kappa shape index (κ2) is 8.05. The largest absolute Gasteiger partial charge is 0.374 e. The predicted molar refractivity (Wildman–Crippen MR) is 111 cm³/mol. The van der Waals surface area contributed by atoms with Crippen molar-refractivity contribution in [3.63, 3.8) is 0 Å². The van der Waals surface area contributed by atoms with Gasteiger partial charge in [-0.05, 0) is 53.8 Å². The van der Waals surface area contributed by atoms with E-state index in [1.54, 1.807) is 0 Å². The van der Waals surface area contributed by atoms with Crippen LogP contribution in [0, 0.1) is 0 Å². The van der Waals surface area contributed by atoms with E-state index < -0.39 is 0 Å². The quantitative estimate of drug-likeness (QED) is 0.593. The molecule has 2 atom stereocenters. The van der Waals surface area contributed by atoms with Crippen molar-refractivity contribution in [2.24, 2.45) is 0 Å². The minimum atomic E-state index is -0.332. The van der Waals surface area contributed by atoms with Crippen LogP contribution in [0.2, 0.25) is 0 Å². The summed E-state index contributed by atoms with van der Waals surface area (Å²) in [7, 11) is 0. The summed E-state index contributed by atoms with van der Waals surface area (Å²) in [6, 6.07) is 22.1. The zero-order valence-corrected chi connectivity index (χ0v) is 15.6. The SMILES string of the molecule is CC[C@@H](C)c1ccccc1NC(=O)[C@@H](C)Nc1ccc2ccccc2c1. The van der Waals surface area contributed by atoms with Crippen LogP contribution >= 0.6 is 0 Å². The number of para-hydroxylation sites is 1. The molecule has 0 aliphatic heterocycles. The molecule has 3 aromatic rings. The zero-order chi connectivity index (χ0) is 18.5. The van der Waals surface area contributed by atoms with Gasteiger partial charge >= 0.3 is 0 Å². The van der Waals surface area contributed by atoms with E-state index in [1.165, 1.54) is 10.9 Å². The molecule has 0 aliphatic rings. The Balaban J connectivity index is 1.71. The van der Waals surface area contributed by atoms with Crippen molar-refractivity contribution in [3.05, 3.63) is 72.3 Å². The molecule has 26 heavy (non-hydrogen) atoms. The lowest BCUT2D eigenvalue weighted by Crippen LogP contribution is -2.32. The van der Waals surface area contributed by atoms with Crippen LogP contribution in [0.1, 0.15) is 38.7 Å². The van der Waals surface area contributed by atoms with E-state index >= 15 is 0 Å². The van der Waals surface area contributed by atoms with E-state index in [-0.39, 0.29) is 11.9 Å². The number of nitrogens with one attached hydrogen (secondary N) is 2. The molecular weight excluding hydrogens is 320 g/mol. The Hall–Kier alpha value is -2.81. The van der Waals surface area contributed by atoms with E-state index in [2.05, 4.69) is 54.8 Å². The van der Waals surface area contributed by atoms with Gasteiger partial charge in [0.25, 0.3) is 0 Å². The Labute approximate surface area is 155 Å². The molecule has 0 aromatic heterocycles. The van der Waals surface area contributed by atoms with Crippen LogP contribution in [-0.2, 0) is 4.79 Å². The molecule has 0 saturated carbocycles. The van der Waals surface area contributed by atoms with Crippen LogP contribution in [0.15, 0.2) is 66.7 Å². The highest BCUT2D eigenvalue weighted by molar-refractivity contribution is 5.97. The first-order valence-corrected chi connectivity index (χ1v) is 9.23. The van der Waals surface area contributed by atoms with Crippen LogP contribution in [0.3, 0.4) is 0 Å². The van der Waals surface area contributed by atoms with Crippen LogP contribution in [-0.4, -0.2) is 11.9 Å². The topological polar surface area (TPSA) is 41.1 Å². The Bertz CT molecular complexity index is 903. The molecule has 0 bridgehead atoms. The van der Waals surface area contributed by atoms with E-state index in [4.69, 9.17) is 0 Å². The molecule has 0 unspecified atom stereocenters.